The summed E-state index contributed by atoms with van der Waals surface area (Å²) in [5.74, 6) is 0. The molecule has 16 heavy (non-hydrogen) atoms. The molecule has 0 bridgehead atoms. The Balaban J connectivity index is 2.37. The smallest absolute Gasteiger partial charge is 0.0474 e. The van der Waals surface area contributed by atoms with Gasteiger partial charge in [0.2, 0.25) is 0 Å². The number of aromatic nitrogens is 1. The van der Waals surface area contributed by atoms with Crippen LogP contribution in [0.5, 0.6) is 0 Å². The van der Waals surface area contributed by atoms with E-state index in [1.165, 1.54) is 5.56 Å². The zero-order valence-electron chi connectivity index (χ0n) is 10.9. The van der Waals surface area contributed by atoms with Crippen LogP contribution in [0, 0.1) is 0 Å². The van der Waals surface area contributed by atoms with E-state index in [1.807, 2.05) is 0 Å². The monoisotopic (exact) mass is 224 g/mol. The molecule has 0 amide bonds. The van der Waals surface area contributed by atoms with Crippen molar-refractivity contribution in [3.8, 4) is 0 Å². The van der Waals surface area contributed by atoms with Crippen LogP contribution in [0.15, 0.2) is 18.5 Å². The highest BCUT2D eigenvalue weighted by atomic mass is 16.5. The largest absolute Gasteiger partial charge is 0.385 e. The molecular formula is C13H24N2O. The third-order valence-corrected chi connectivity index (χ3v) is 2.81. The van der Waals surface area contributed by atoms with Gasteiger partial charge in [-0.15, -0.1) is 0 Å². The van der Waals surface area contributed by atoms with Gasteiger partial charge in [-0.1, -0.05) is 0 Å². The average Bonchev–Trinajstić information content (AvgIpc) is 2.73. The second-order valence-electron chi connectivity index (χ2n) is 4.51. The van der Waals surface area contributed by atoms with Crippen molar-refractivity contribution < 1.29 is 4.74 Å². The Kier molecular flexibility index (Phi) is 5.56. The predicted molar refractivity (Wildman–Crippen MR) is 67.7 cm³/mol. The normalized spacial score (nSPS) is 13.3. The second kappa shape index (κ2) is 6.71. The number of methoxy groups -OCH3 is 1. The van der Waals surface area contributed by atoms with Crippen molar-refractivity contribution in [1.82, 2.24) is 9.88 Å². The van der Waals surface area contributed by atoms with Gasteiger partial charge in [-0.3, -0.25) is 0 Å². The van der Waals surface area contributed by atoms with Crippen LogP contribution in [-0.4, -0.2) is 24.8 Å². The van der Waals surface area contributed by atoms with Gasteiger partial charge in [-0.2, -0.15) is 0 Å². The predicted octanol–water partition coefficient (Wildman–Crippen LogP) is 2.76. The Morgan fingerprint density at radius 2 is 2.12 bits per heavy atom. The highest BCUT2D eigenvalue weighted by Gasteiger charge is 2.06. The third-order valence-electron chi connectivity index (χ3n) is 2.81. The van der Waals surface area contributed by atoms with Gasteiger partial charge in [0, 0.05) is 38.2 Å². The van der Waals surface area contributed by atoms with Crippen LogP contribution < -0.4 is 5.32 Å². The highest BCUT2D eigenvalue weighted by Crippen LogP contribution is 2.15. The maximum absolute atomic E-state index is 5.02. The van der Waals surface area contributed by atoms with Crippen molar-refractivity contribution in [3.63, 3.8) is 0 Å². The molecule has 1 aromatic rings. The number of nitrogens with zero attached hydrogens (tertiary/aromatic N) is 1. The summed E-state index contributed by atoms with van der Waals surface area (Å²) >= 11 is 0. The first kappa shape index (κ1) is 13.3. The van der Waals surface area contributed by atoms with Crippen molar-refractivity contribution in [2.45, 2.75) is 39.3 Å². The molecule has 0 unspecified atom stereocenters. The summed E-state index contributed by atoms with van der Waals surface area (Å²) in [7, 11) is 1.74. The average molecular weight is 224 g/mol. The van der Waals surface area contributed by atoms with Crippen LogP contribution in [0.1, 0.15) is 44.8 Å². The molecule has 1 N–H and O–H groups in total. The van der Waals surface area contributed by atoms with E-state index < -0.39 is 0 Å². The molecule has 1 aromatic heterocycles. The van der Waals surface area contributed by atoms with E-state index in [0.29, 0.717) is 12.1 Å². The fourth-order valence-corrected chi connectivity index (χ4v) is 1.66. The maximum Gasteiger partial charge on any atom is 0.0474 e. The lowest BCUT2D eigenvalue weighted by Crippen LogP contribution is -2.20. The molecule has 0 fully saturated rings. The van der Waals surface area contributed by atoms with Gasteiger partial charge < -0.3 is 14.6 Å². The minimum Gasteiger partial charge on any atom is -0.385 e. The molecule has 0 aromatic carbocycles. The highest BCUT2D eigenvalue weighted by molar-refractivity contribution is 5.15. The number of hydrogen-bond donors (Lipinski definition) is 1. The zero-order chi connectivity index (χ0) is 12.0. The van der Waals surface area contributed by atoms with Crippen LogP contribution in [-0.2, 0) is 4.74 Å². The van der Waals surface area contributed by atoms with E-state index in [4.69, 9.17) is 4.74 Å². The lowest BCUT2D eigenvalue weighted by atomic mass is 10.2. The van der Waals surface area contributed by atoms with Crippen LogP contribution in [0.25, 0.3) is 0 Å². The lowest BCUT2D eigenvalue weighted by Gasteiger charge is -2.12. The summed E-state index contributed by atoms with van der Waals surface area (Å²) in [5.41, 5.74) is 1.35. The summed E-state index contributed by atoms with van der Waals surface area (Å²) in [4.78, 5) is 0. The molecule has 0 saturated heterocycles. The number of ether oxygens (including phenoxy) is 1. The van der Waals surface area contributed by atoms with Gasteiger partial charge in [-0.25, -0.2) is 0 Å². The summed E-state index contributed by atoms with van der Waals surface area (Å²) in [5, 5.41) is 3.49. The second-order valence-corrected chi connectivity index (χ2v) is 4.51. The summed E-state index contributed by atoms with van der Waals surface area (Å²) in [6.07, 6.45) is 5.43. The molecule has 0 aliphatic carbocycles. The first-order valence-electron chi connectivity index (χ1n) is 6.05. The van der Waals surface area contributed by atoms with E-state index in [1.54, 1.807) is 7.11 Å². The summed E-state index contributed by atoms with van der Waals surface area (Å²) in [6.45, 7) is 8.42. The van der Waals surface area contributed by atoms with E-state index >= 15 is 0 Å². The lowest BCUT2D eigenvalue weighted by molar-refractivity contribution is 0.193. The van der Waals surface area contributed by atoms with Crippen LogP contribution in [0.4, 0.5) is 0 Å². The fraction of sp³-hybridized carbons (Fsp3) is 0.692. The summed E-state index contributed by atoms with van der Waals surface area (Å²) in [6, 6.07) is 3.14. The SMILES string of the molecule is COCCCN[C@@H](C)c1ccn(C(C)C)c1. The quantitative estimate of drug-likeness (QED) is 0.721. The van der Waals surface area contributed by atoms with Crippen LogP contribution >= 0.6 is 0 Å². The molecular weight excluding hydrogens is 200 g/mol. The van der Waals surface area contributed by atoms with Crippen molar-refractivity contribution in [2.75, 3.05) is 20.3 Å². The Hall–Kier alpha value is -0.800. The van der Waals surface area contributed by atoms with Gasteiger partial charge in [0.05, 0.1) is 0 Å². The standard InChI is InChI=1S/C13H24N2O/c1-11(2)15-8-6-13(10-15)12(3)14-7-5-9-16-4/h6,8,10-12,14H,5,7,9H2,1-4H3/t12-/m0/s1. The Morgan fingerprint density at radius 1 is 1.38 bits per heavy atom. The topological polar surface area (TPSA) is 26.2 Å². The molecule has 3 nitrogen and oxygen atoms in total. The van der Waals surface area contributed by atoms with Crippen LogP contribution in [0.2, 0.25) is 0 Å². The van der Waals surface area contributed by atoms with Crippen molar-refractivity contribution in [1.29, 1.82) is 0 Å². The molecule has 0 aliphatic rings. The Labute approximate surface area is 98.8 Å². The summed E-state index contributed by atoms with van der Waals surface area (Å²) < 4.78 is 7.26. The molecule has 3 heteroatoms. The molecule has 1 heterocycles. The zero-order valence-corrected chi connectivity index (χ0v) is 10.9. The minimum atomic E-state index is 0.414. The first-order valence-corrected chi connectivity index (χ1v) is 6.05. The fourth-order valence-electron chi connectivity index (χ4n) is 1.66. The van der Waals surface area contributed by atoms with Crippen molar-refractivity contribution in [3.05, 3.63) is 24.0 Å². The maximum atomic E-state index is 5.02. The van der Waals surface area contributed by atoms with Gasteiger partial charge >= 0.3 is 0 Å². The molecule has 0 aliphatic heterocycles. The van der Waals surface area contributed by atoms with Crippen molar-refractivity contribution in [2.24, 2.45) is 0 Å². The molecule has 1 atom stereocenters. The van der Waals surface area contributed by atoms with Gasteiger partial charge in [-0.05, 0) is 45.4 Å². The molecule has 92 valence electrons. The van der Waals surface area contributed by atoms with Gasteiger partial charge in [0.1, 0.15) is 0 Å². The molecule has 0 spiro atoms. The number of nitrogens with one attached hydrogen (secondary N) is 1. The van der Waals surface area contributed by atoms with E-state index in [9.17, 15) is 0 Å². The molecule has 1 rings (SSSR count). The first-order chi connectivity index (χ1) is 7.65. The molecule has 0 radical (unpaired) electrons. The van der Waals surface area contributed by atoms with Gasteiger partial charge in [0.15, 0.2) is 0 Å². The third kappa shape index (κ3) is 3.99. The van der Waals surface area contributed by atoms with E-state index in [0.717, 1.165) is 19.6 Å². The Morgan fingerprint density at radius 3 is 2.69 bits per heavy atom. The van der Waals surface area contributed by atoms with Crippen molar-refractivity contribution >= 4 is 0 Å². The van der Waals surface area contributed by atoms with E-state index in [2.05, 4.69) is 49.1 Å². The van der Waals surface area contributed by atoms with E-state index in [-0.39, 0.29) is 0 Å². The molecule has 0 saturated carbocycles. The van der Waals surface area contributed by atoms with Crippen LogP contribution in [0.3, 0.4) is 0 Å². The van der Waals surface area contributed by atoms with Gasteiger partial charge in [0.25, 0.3) is 0 Å². The minimum absolute atomic E-state index is 0.414. The number of hydrogen-bond acceptors (Lipinski definition) is 2. The number of rotatable bonds is 7. The Bertz CT molecular complexity index is 294.